The Morgan fingerprint density at radius 3 is 2.79 bits per heavy atom. The van der Waals surface area contributed by atoms with E-state index in [9.17, 15) is 0 Å². The summed E-state index contributed by atoms with van der Waals surface area (Å²) in [6, 6.07) is 11.9. The van der Waals surface area contributed by atoms with Gasteiger partial charge in [0.2, 0.25) is 11.7 Å². The molecular formula is C15H15N3O. The summed E-state index contributed by atoms with van der Waals surface area (Å²) in [5.41, 5.74) is 1.88. The average Bonchev–Trinajstić information content (AvgIpc) is 2.85. The van der Waals surface area contributed by atoms with Crippen LogP contribution in [0.15, 0.2) is 48.8 Å². The lowest BCUT2D eigenvalue weighted by Crippen LogP contribution is -1.99. The van der Waals surface area contributed by atoms with Crippen molar-refractivity contribution in [2.45, 2.75) is 13.3 Å². The van der Waals surface area contributed by atoms with Crippen LogP contribution in [0.2, 0.25) is 0 Å². The van der Waals surface area contributed by atoms with E-state index < -0.39 is 0 Å². The van der Waals surface area contributed by atoms with Crippen LogP contribution in [-0.4, -0.2) is 21.0 Å². The van der Waals surface area contributed by atoms with Gasteiger partial charge in [0, 0.05) is 18.0 Å². The first-order valence-corrected chi connectivity index (χ1v) is 6.41. The highest BCUT2D eigenvalue weighted by Crippen LogP contribution is 2.29. The van der Waals surface area contributed by atoms with Crippen molar-refractivity contribution < 1.29 is 4.74 Å². The maximum absolute atomic E-state index is 5.85. The largest absolute Gasteiger partial charge is 0.477 e. The first-order chi connectivity index (χ1) is 9.40. The molecule has 0 aliphatic carbocycles. The first kappa shape index (κ1) is 11.7. The summed E-state index contributed by atoms with van der Waals surface area (Å²) in [5, 5.41) is 0. The van der Waals surface area contributed by atoms with Gasteiger partial charge in [-0.25, -0.2) is 9.97 Å². The van der Waals surface area contributed by atoms with Gasteiger partial charge in [0.15, 0.2) is 0 Å². The van der Waals surface area contributed by atoms with Gasteiger partial charge in [0.25, 0.3) is 0 Å². The fourth-order valence-electron chi connectivity index (χ4n) is 1.99. The molecule has 0 radical (unpaired) electrons. The number of imidazole rings is 1. The van der Waals surface area contributed by atoms with Gasteiger partial charge in [-0.3, -0.25) is 4.40 Å². The third kappa shape index (κ3) is 2.17. The van der Waals surface area contributed by atoms with Crippen molar-refractivity contribution in [1.82, 2.24) is 14.4 Å². The molecule has 4 nitrogen and oxygen atoms in total. The van der Waals surface area contributed by atoms with Gasteiger partial charge in [0.1, 0.15) is 5.69 Å². The van der Waals surface area contributed by atoms with Crippen LogP contribution < -0.4 is 4.74 Å². The second-order valence-electron chi connectivity index (χ2n) is 4.27. The van der Waals surface area contributed by atoms with E-state index in [4.69, 9.17) is 4.74 Å². The Balaban J connectivity index is 2.17. The standard InChI is InChI=1S/C15H15N3O/c1-2-11-19-14-13(12-7-4-3-5-8-12)17-15-16-9-6-10-18(14)15/h3-10H,2,11H2,1H3. The lowest BCUT2D eigenvalue weighted by Gasteiger charge is -2.06. The topological polar surface area (TPSA) is 39.4 Å². The average molecular weight is 253 g/mol. The van der Waals surface area contributed by atoms with Gasteiger partial charge in [0.05, 0.1) is 6.61 Å². The molecule has 0 spiro atoms. The Bertz CT molecular complexity index is 676. The molecule has 0 saturated carbocycles. The number of ether oxygens (including phenoxy) is 1. The second kappa shape index (κ2) is 5.10. The monoisotopic (exact) mass is 253 g/mol. The zero-order chi connectivity index (χ0) is 13.1. The Kier molecular flexibility index (Phi) is 3.14. The number of fused-ring (bicyclic) bond motifs is 1. The van der Waals surface area contributed by atoms with E-state index >= 15 is 0 Å². The summed E-state index contributed by atoms with van der Waals surface area (Å²) in [5.74, 6) is 1.42. The van der Waals surface area contributed by atoms with Crippen molar-refractivity contribution in [2.75, 3.05) is 6.61 Å². The van der Waals surface area contributed by atoms with Crippen molar-refractivity contribution in [3.8, 4) is 17.1 Å². The summed E-state index contributed by atoms with van der Waals surface area (Å²) in [6.45, 7) is 2.76. The van der Waals surface area contributed by atoms with Gasteiger partial charge in [-0.05, 0) is 12.5 Å². The summed E-state index contributed by atoms with van der Waals surface area (Å²) in [4.78, 5) is 8.83. The van der Waals surface area contributed by atoms with Gasteiger partial charge in [-0.15, -0.1) is 0 Å². The molecule has 0 amide bonds. The molecule has 0 saturated heterocycles. The maximum atomic E-state index is 5.85. The van der Waals surface area contributed by atoms with Gasteiger partial charge >= 0.3 is 0 Å². The Labute approximate surface area is 111 Å². The highest BCUT2D eigenvalue weighted by Gasteiger charge is 2.15. The second-order valence-corrected chi connectivity index (χ2v) is 4.27. The van der Waals surface area contributed by atoms with E-state index in [-0.39, 0.29) is 0 Å². The molecule has 0 N–H and O–H groups in total. The van der Waals surface area contributed by atoms with E-state index in [2.05, 4.69) is 16.9 Å². The minimum absolute atomic E-state index is 0.660. The SMILES string of the molecule is CCCOc1c(-c2ccccc2)nc2ncccn12. The molecule has 3 aromatic rings. The van der Waals surface area contributed by atoms with Gasteiger partial charge in [-0.2, -0.15) is 0 Å². The third-order valence-electron chi connectivity index (χ3n) is 2.85. The number of rotatable bonds is 4. The number of hydrogen-bond donors (Lipinski definition) is 0. The molecule has 0 aliphatic rings. The molecule has 0 aliphatic heterocycles. The van der Waals surface area contributed by atoms with Crippen LogP contribution >= 0.6 is 0 Å². The van der Waals surface area contributed by atoms with Crippen LogP contribution in [0.4, 0.5) is 0 Å². The van der Waals surface area contributed by atoms with Crippen LogP contribution in [0, 0.1) is 0 Å². The molecule has 2 heterocycles. The molecule has 0 atom stereocenters. The molecule has 4 heteroatoms. The van der Waals surface area contributed by atoms with E-state index in [1.807, 2.05) is 47.0 Å². The van der Waals surface area contributed by atoms with Crippen molar-refractivity contribution in [3.63, 3.8) is 0 Å². The van der Waals surface area contributed by atoms with Crippen molar-refractivity contribution in [2.24, 2.45) is 0 Å². The van der Waals surface area contributed by atoms with Crippen LogP contribution in [0.1, 0.15) is 13.3 Å². The molecule has 3 rings (SSSR count). The fourth-order valence-corrected chi connectivity index (χ4v) is 1.99. The minimum atomic E-state index is 0.660. The smallest absolute Gasteiger partial charge is 0.237 e. The Hall–Kier alpha value is -2.36. The summed E-state index contributed by atoms with van der Waals surface area (Å²) < 4.78 is 7.74. The number of hydrogen-bond acceptors (Lipinski definition) is 3. The zero-order valence-electron chi connectivity index (χ0n) is 10.8. The van der Waals surface area contributed by atoms with E-state index in [1.54, 1.807) is 6.20 Å². The van der Waals surface area contributed by atoms with Crippen molar-refractivity contribution in [3.05, 3.63) is 48.8 Å². The molecule has 1 aromatic carbocycles. The molecular weight excluding hydrogens is 238 g/mol. The molecule has 0 unspecified atom stereocenters. The maximum Gasteiger partial charge on any atom is 0.237 e. The summed E-state index contributed by atoms with van der Waals surface area (Å²) in [6.07, 6.45) is 4.62. The molecule has 19 heavy (non-hydrogen) atoms. The van der Waals surface area contributed by atoms with Crippen LogP contribution in [-0.2, 0) is 0 Å². The van der Waals surface area contributed by atoms with Crippen LogP contribution in [0.3, 0.4) is 0 Å². The van der Waals surface area contributed by atoms with Gasteiger partial charge < -0.3 is 4.74 Å². The molecule has 2 aromatic heterocycles. The molecule has 96 valence electrons. The Morgan fingerprint density at radius 2 is 2.00 bits per heavy atom. The van der Waals surface area contributed by atoms with Crippen LogP contribution in [0.5, 0.6) is 5.88 Å². The number of benzene rings is 1. The van der Waals surface area contributed by atoms with E-state index in [0.29, 0.717) is 12.4 Å². The number of nitrogens with zero attached hydrogens (tertiary/aromatic N) is 3. The molecule has 0 bridgehead atoms. The quantitative estimate of drug-likeness (QED) is 0.717. The lowest BCUT2D eigenvalue weighted by atomic mass is 10.2. The normalized spacial score (nSPS) is 10.8. The lowest BCUT2D eigenvalue weighted by molar-refractivity contribution is 0.304. The van der Waals surface area contributed by atoms with Gasteiger partial charge in [-0.1, -0.05) is 37.3 Å². The van der Waals surface area contributed by atoms with Crippen molar-refractivity contribution >= 4 is 5.78 Å². The number of aromatic nitrogens is 3. The zero-order valence-corrected chi connectivity index (χ0v) is 10.8. The third-order valence-corrected chi connectivity index (χ3v) is 2.85. The predicted octanol–water partition coefficient (Wildman–Crippen LogP) is 3.19. The highest BCUT2D eigenvalue weighted by atomic mass is 16.5. The fraction of sp³-hybridized carbons (Fsp3) is 0.200. The predicted molar refractivity (Wildman–Crippen MR) is 74.2 cm³/mol. The Morgan fingerprint density at radius 1 is 1.16 bits per heavy atom. The first-order valence-electron chi connectivity index (χ1n) is 6.41. The minimum Gasteiger partial charge on any atom is -0.477 e. The van der Waals surface area contributed by atoms with Crippen LogP contribution in [0.25, 0.3) is 17.0 Å². The van der Waals surface area contributed by atoms with Crippen molar-refractivity contribution in [1.29, 1.82) is 0 Å². The van der Waals surface area contributed by atoms with E-state index in [1.165, 1.54) is 0 Å². The summed E-state index contributed by atoms with van der Waals surface area (Å²) >= 11 is 0. The van der Waals surface area contributed by atoms with E-state index in [0.717, 1.165) is 23.6 Å². The highest BCUT2D eigenvalue weighted by molar-refractivity contribution is 5.68. The molecule has 0 fully saturated rings. The summed E-state index contributed by atoms with van der Waals surface area (Å²) in [7, 11) is 0.